The van der Waals surface area contributed by atoms with Gasteiger partial charge in [-0.1, -0.05) is 58.4 Å². The van der Waals surface area contributed by atoms with E-state index in [1.165, 1.54) is 6.21 Å². The number of imidazole rings is 1. The number of phenols is 1. The van der Waals surface area contributed by atoms with Crippen LogP contribution in [-0.2, 0) is 17.8 Å². The number of para-hydroxylation sites is 2. The van der Waals surface area contributed by atoms with E-state index in [2.05, 4.69) is 26.5 Å². The molecule has 0 aliphatic carbocycles. The van der Waals surface area contributed by atoms with Crippen molar-refractivity contribution in [3.8, 4) is 5.75 Å². The quantitative estimate of drug-likeness (QED) is 0.332. The van der Waals surface area contributed by atoms with Crippen molar-refractivity contribution in [2.24, 2.45) is 5.10 Å². The van der Waals surface area contributed by atoms with Crippen molar-refractivity contribution < 1.29 is 9.90 Å². The fraction of sp³-hybridized carbons (Fsp3) is 0.0870. The van der Waals surface area contributed by atoms with Crippen molar-refractivity contribution >= 4 is 39.1 Å². The number of hydrazone groups is 1. The van der Waals surface area contributed by atoms with E-state index in [9.17, 15) is 9.90 Å². The largest absolute Gasteiger partial charge is 0.507 e. The zero-order valence-corrected chi connectivity index (χ0v) is 17.6. The fourth-order valence-corrected chi connectivity index (χ4v) is 3.58. The number of rotatable bonds is 6. The summed E-state index contributed by atoms with van der Waals surface area (Å²) >= 11 is 3.34. The van der Waals surface area contributed by atoms with E-state index in [0.717, 1.165) is 26.9 Å². The van der Waals surface area contributed by atoms with Gasteiger partial charge in [-0.2, -0.15) is 5.10 Å². The third-order valence-corrected chi connectivity index (χ3v) is 5.12. The summed E-state index contributed by atoms with van der Waals surface area (Å²) in [5, 5.41) is 13.8. The lowest BCUT2D eigenvalue weighted by atomic mass is 10.1. The van der Waals surface area contributed by atoms with Crippen LogP contribution in [0.15, 0.2) is 82.4 Å². The van der Waals surface area contributed by atoms with Crippen LogP contribution in [0.3, 0.4) is 0 Å². The van der Waals surface area contributed by atoms with Crippen LogP contribution in [0.25, 0.3) is 11.0 Å². The Morgan fingerprint density at radius 1 is 1.10 bits per heavy atom. The van der Waals surface area contributed by atoms with Crippen LogP contribution >= 0.6 is 15.9 Å². The number of carbonyl (C=O) groups excluding carboxylic acids is 1. The molecule has 4 aromatic rings. The Balaban J connectivity index is 1.53. The Kier molecular flexibility index (Phi) is 5.90. The number of nitrogens with one attached hydrogen (secondary N) is 1. The van der Waals surface area contributed by atoms with E-state index in [1.54, 1.807) is 18.2 Å². The average Bonchev–Trinajstić information content (AvgIpc) is 3.08. The molecule has 0 radical (unpaired) electrons. The number of aromatic hydroxyl groups is 1. The molecule has 0 unspecified atom stereocenters. The summed E-state index contributed by atoms with van der Waals surface area (Å²) in [4.78, 5) is 17.3. The van der Waals surface area contributed by atoms with Crippen molar-refractivity contribution in [1.29, 1.82) is 0 Å². The molecule has 1 amide bonds. The number of phenolic OH excluding ortho intramolecular Hbond substituents is 1. The SMILES string of the molecule is O=C(Cn1c(Cc2ccccc2)nc2ccccc21)NN=Cc1cc(Br)ccc1O. The summed E-state index contributed by atoms with van der Waals surface area (Å²) in [6, 6.07) is 22.8. The number of carbonyl (C=O) groups is 1. The number of amides is 1. The van der Waals surface area contributed by atoms with Gasteiger partial charge in [-0.3, -0.25) is 4.79 Å². The zero-order chi connectivity index (χ0) is 20.9. The van der Waals surface area contributed by atoms with Crippen molar-refractivity contribution in [3.05, 3.63) is 94.2 Å². The molecule has 6 nitrogen and oxygen atoms in total. The van der Waals surface area contributed by atoms with Gasteiger partial charge in [-0.15, -0.1) is 0 Å². The molecule has 30 heavy (non-hydrogen) atoms. The van der Waals surface area contributed by atoms with Gasteiger partial charge < -0.3 is 9.67 Å². The second-order valence-electron chi connectivity index (χ2n) is 6.76. The highest BCUT2D eigenvalue weighted by molar-refractivity contribution is 9.10. The van der Waals surface area contributed by atoms with E-state index >= 15 is 0 Å². The van der Waals surface area contributed by atoms with Gasteiger partial charge in [-0.05, 0) is 35.9 Å². The normalized spacial score (nSPS) is 11.2. The molecule has 150 valence electrons. The average molecular weight is 463 g/mol. The third-order valence-electron chi connectivity index (χ3n) is 4.62. The van der Waals surface area contributed by atoms with Crippen LogP contribution in [0.5, 0.6) is 5.75 Å². The van der Waals surface area contributed by atoms with Crippen molar-refractivity contribution in [1.82, 2.24) is 15.0 Å². The number of halogens is 1. The predicted molar refractivity (Wildman–Crippen MR) is 121 cm³/mol. The molecule has 0 fully saturated rings. The van der Waals surface area contributed by atoms with Crippen LogP contribution in [0.4, 0.5) is 0 Å². The summed E-state index contributed by atoms with van der Waals surface area (Å²) in [5.41, 5.74) is 5.89. The van der Waals surface area contributed by atoms with Crippen molar-refractivity contribution in [3.63, 3.8) is 0 Å². The van der Waals surface area contributed by atoms with Crippen LogP contribution in [-0.4, -0.2) is 26.8 Å². The molecule has 0 saturated carbocycles. The highest BCUT2D eigenvalue weighted by atomic mass is 79.9. The molecular formula is C23H19BrN4O2. The van der Waals surface area contributed by atoms with Gasteiger partial charge in [0.2, 0.25) is 0 Å². The monoisotopic (exact) mass is 462 g/mol. The van der Waals surface area contributed by atoms with Gasteiger partial charge in [0.25, 0.3) is 5.91 Å². The molecule has 3 aromatic carbocycles. The summed E-state index contributed by atoms with van der Waals surface area (Å²) in [5.74, 6) is 0.617. The van der Waals surface area contributed by atoms with Gasteiger partial charge in [0, 0.05) is 16.5 Å². The summed E-state index contributed by atoms with van der Waals surface area (Å²) < 4.78 is 2.72. The number of fused-ring (bicyclic) bond motifs is 1. The second-order valence-corrected chi connectivity index (χ2v) is 7.68. The number of hydrogen-bond donors (Lipinski definition) is 2. The number of hydrogen-bond acceptors (Lipinski definition) is 4. The van der Waals surface area contributed by atoms with E-state index in [4.69, 9.17) is 4.98 Å². The van der Waals surface area contributed by atoms with E-state index < -0.39 is 0 Å². The van der Waals surface area contributed by atoms with Gasteiger partial charge in [-0.25, -0.2) is 10.4 Å². The third kappa shape index (κ3) is 4.58. The molecule has 0 bridgehead atoms. The highest BCUT2D eigenvalue weighted by Gasteiger charge is 2.14. The van der Waals surface area contributed by atoms with Crippen molar-refractivity contribution in [2.75, 3.05) is 0 Å². The molecule has 0 saturated heterocycles. The molecule has 0 atom stereocenters. The standard InChI is InChI=1S/C23H19BrN4O2/c24-18-10-11-21(29)17(13-18)14-25-27-23(30)15-28-20-9-5-4-8-19(20)26-22(28)12-16-6-2-1-3-7-16/h1-11,13-14,29H,12,15H2,(H,27,30). The minimum Gasteiger partial charge on any atom is -0.507 e. The topological polar surface area (TPSA) is 79.5 Å². The first-order chi connectivity index (χ1) is 14.6. The van der Waals surface area contributed by atoms with E-state index in [-0.39, 0.29) is 18.2 Å². The number of nitrogens with zero attached hydrogens (tertiary/aromatic N) is 3. The zero-order valence-electron chi connectivity index (χ0n) is 16.0. The Morgan fingerprint density at radius 3 is 2.70 bits per heavy atom. The maximum atomic E-state index is 12.6. The first kappa shape index (κ1) is 19.8. The smallest absolute Gasteiger partial charge is 0.260 e. The van der Waals surface area contributed by atoms with Crippen LogP contribution in [0.2, 0.25) is 0 Å². The lowest BCUT2D eigenvalue weighted by Gasteiger charge is -2.08. The Morgan fingerprint density at radius 2 is 1.87 bits per heavy atom. The fourth-order valence-electron chi connectivity index (χ4n) is 3.20. The molecule has 0 aliphatic heterocycles. The molecule has 4 rings (SSSR count). The maximum absolute atomic E-state index is 12.6. The number of aromatic nitrogens is 2. The van der Waals surface area contributed by atoms with Gasteiger partial charge in [0.15, 0.2) is 0 Å². The highest BCUT2D eigenvalue weighted by Crippen LogP contribution is 2.20. The maximum Gasteiger partial charge on any atom is 0.260 e. The molecule has 7 heteroatoms. The summed E-state index contributed by atoms with van der Waals surface area (Å²) in [7, 11) is 0. The van der Waals surface area contributed by atoms with Gasteiger partial charge in [0.05, 0.1) is 17.2 Å². The Hall–Kier alpha value is -3.45. The Bertz CT molecular complexity index is 1220. The summed E-state index contributed by atoms with van der Waals surface area (Å²) in [6.45, 7) is 0.0878. The van der Waals surface area contributed by atoms with Gasteiger partial charge in [0.1, 0.15) is 18.1 Å². The Labute approximate surface area is 182 Å². The predicted octanol–water partition coefficient (Wildman–Crippen LogP) is 4.25. The molecular weight excluding hydrogens is 444 g/mol. The first-order valence-corrected chi connectivity index (χ1v) is 10.2. The number of benzene rings is 3. The lowest BCUT2D eigenvalue weighted by Crippen LogP contribution is -2.24. The molecule has 1 heterocycles. The summed E-state index contributed by atoms with van der Waals surface area (Å²) in [6.07, 6.45) is 2.03. The van der Waals surface area contributed by atoms with Gasteiger partial charge >= 0.3 is 0 Å². The van der Waals surface area contributed by atoms with Crippen LogP contribution in [0.1, 0.15) is 17.0 Å². The van der Waals surface area contributed by atoms with E-state index in [0.29, 0.717) is 12.0 Å². The molecule has 0 spiro atoms. The first-order valence-electron chi connectivity index (χ1n) is 9.38. The van der Waals surface area contributed by atoms with E-state index in [1.807, 2.05) is 59.2 Å². The molecule has 1 aromatic heterocycles. The molecule has 2 N–H and O–H groups in total. The van der Waals surface area contributed by atoms with Crippen LogP contribution in [0, 0.1) is 0 Å². The second kappa shape index (κ2) is 8.92. The minimum absolute atomic E-state index is 0.0851. The van der Waals surface area contributed by atoms with Crippen molar-refractivity contribution in [2.45, 2.75) is 13.0 Å². The van der Waals surface area contributed by atoms with Crippen LogP contribution < -0.4 is 5.43 Å². The minimum atomic E-state index is -0.279. The lowest BCUT2D eigenvalue weighted by molar-refractivity contribution is -0.121. The molecule has 0 aliphatic rings.